The molecule has 0 spiro atoms. The third-order valence-corrected chi connectivity index (χ3v) is 6.22. The number of oxazole rings is 1. The van der Waals surface area contributed by atoms with Crippen LogP contribution in [-0.4, -0.2) is 70.9 Å². The molecule has 3 saturated heterocycles. The molecule has 1 aromatic carbocycles. The Kier molecular flexibility index (Phi) is 4.46. The minimum atomic E-state index is -0.891. The number of fused-ring (bicyclic) bond motifs is 3. The lowest BCUT2D eigenvalue weighted by Gasteiger charge is -2.54. The molecular formula is C19H18N4O6S. The molecule has 2 aromatic heterocycles. The Bertz CT molecular complexity index is 1100. The Morgan fingerprint density at radius 3 is 2.80 bits per heavy atom. The van der Waals surface area contributed by atoms with Crippen molar-refractivity contribution in [2.45, 2.75) is 18.5 Å². The van der Waals surface area contributed by atoms with E-state index in [1.807, 2.05) is 16.3 Å². The molecule has 6 rings (SSSR count). The topological polar surface area (TPSA) is 118 Å². The van der Waals surface area contributed by atoms with Gasteiger partial charge in [0.25, 0.3) is 6.01 Å². The summed E-state index contributed by atoms with van der Waals surface area (Å²) in [5, 5.41) is 12.0. The molecule has 0 radical (unpaired) electrons. The van der Waals surface area contributed by atoms with E-state index < -0.39 is 12.1 Å². The summed E-state index contributed by atoms with van der Waals surface area (Å²) >= 11 is 1.48. The van der Waals surface area contributed by atoms with E-state index in [4.69, 9.17) is 9.15 Å². The number of amides is 1. The lowest BCUT2D eigenvalue weighted by Crippen LogP contribution is -2.70. The first-order valence-electron chi connectivity index (χ1n) is 9.34. The molecule has 2 atom stereocenters. The Morgan fingerprint density at radius 2 is 2.13 bits per heavy atom. The molecule has 2 bridgehead atoms. The second-order valence-corrected chi connectivity index (χ2v) is 8.02. The maximum atomic E-state index is 11.5. The van der Waals surface area contributed by atoms with Crippen LogP contribution in [0.4, 0.5) is 10.8 Å². The average Bonchev–Trinajstić information content (AvgIpc) is 3.41. The van der Waals surface area contributed by atoms with E-state index in [1.165, 1.54) is 23.3 Å². The largest absolute Gasteiger partial charge is 0.479 e. The summed E-state index contributed by atoms with van der Waals surface area (Å²) in [5.74, 6) is -0.0965. The average molecular weight is 430 g/mol. The van der Waals surface area contributed by atoms with Crippen LogP contribution in [0.1, 0.15) is 6.42 Å². The number of esters is 1. The third kappa shape index (κ3) is 3.02. The third-order valence-electron chi connectivity index (χ3n) is 5.42. The molecule has 1 N–H and O–H groups in total. The fraction of sp³-hybridized carbons (Fsp3) is 0.368. The van der Waals surface area contributed by atoms with Gasteiger partial charge in [-0.15, -0.1) is 11.3 Å². The molecule has 0 aliphatic carbocycles. The molecule has 5 heterocycles. The fourth-order valence-corrected chi connectivity index (χ4v) is 4.68. The molecular weight excluding hydrogens is 412 g/mol. The number of carbonyl (C=O) groups excluding carboxylic acids is 1. The number of hydrogen-bond acceptors (Lipinski definition) is 9. The highest BCUT2D eigenvalue weighted by molar-refractivity contribution is 7.13. The van der Waals surface area contributed by atoms with E-state index in [0.717, 1.165) is 17.0 Å². The maximum absolute atomic E-state index is 11.5. The predicted molar refractivity (Wildman–Crippen MR) is 107 cm³/mol. The summed E-state index contributed by atoms with van der Waals surface area (Å²) in [4.78, 5) is 35.3. The first-order valence-corrected chi connectivity index (χ1v) is 10.2. The minimum Gasteiger partial charge on any atom is -0.479 e. The molecule has 3 aliphatic heterocycles. The maximum Gasteiger partial charge on any atom is 0.407 e. The molecule has 3 aromatic rings. The van der Waals surface area contributed by atoms with E-state index in [-0.39, 0.29) is 18.7 Å². The Hall–Kier alpha value is -3.34. The molecule has 3 fully saturated rings. The summed E-state index contributed by atoms with van der Waals surface area (Å²) in [6, 6.07) is 3.82. The van der Waals surface area contributed by atoms with Gasteiger partial charge in [-0.2, -0.15) is 4.98 Å². The summed E-state index contributed by atoms with van der Waals surface area (Å²) in [6.45, 7) is 0.785. The van der Waals surface area contributed by atoms with Crippen LogP contribution in [0.15, 0.2) is 28.1 Å². The van der Waals surface area contributed by atoms with E-state index in [9.17, 15) is 14.7 Å². The van der Waals surface area contributed by atoms with E-state index in [2.05, 4.69) is 14.7 Å². The summed E-state index contributed by atoms with van der Waals surface area (Å²) < 4.78 is 16.4. The molecule has 0 saturated carbocycles. The highest BCUT2D eigenvalue weighted by atomic mass is 32.1. The van der Waals surface area contributed by atoms with Crippen LogP contribution in [0, 0.1) is 0 Å². The minimum absolute atomic E-state index is 0.0651. The molecule has 11 heteroatoms. The van der Waals surface area contributed by atoms with Crippen LogP contribution in [0.5, 0.6) is 5.75 Å². The Labute approximate surface area is 174 Å². The van der Waals surface area contributed by atoms with Crippen LogP contribution in [0.3, 0.4) is 0 Å². The number of aromatic nitrogens is 2. The predicted octanol–water partition coefficient (Wildman–Crippen LogP) is 2.44. The van der Waals surface area contributed by atoms with Crippen LogP contribution >= 0.6 is 11.3 Å². The van der Waals surface area contributed by atoms with E-state index in [1.54, 1.807) is 12.3 Å². The Morgan fingerprint density at radius 1 is 1.33 bits per heavy atom. The number of rotatable bonds is 5. The van der Waals surface area contributed by atoms with Crippen molar-refractivity contribution in [3.05, 3.63) is 23.7 Å². The highest BCUT2D eigenvalue weighted by Crippen LogP contribution is 2.40. The van der Waals surface area contributed by atoms with Gasteiger partial charge in [0.05, 0.1) is 24.8 Å². The number of piperazine rings is 1. The lowest BCUT2D eigenvalue weighted by molar-refractivity contribution is -0.142. The Balaban J connectivity index is 1.50. The van der Waals surface area contributed by atoms with Gasteiger partial charge < -0.3 is 23.9 Å². The number of thiazole rings is 1. The number of benzene rings is 1. The standard InChI is InChI=1S/C19H18N4O6S/c1-27-14(24)9-28-13-3-2-12(17-20-4-5-30-17)16-15(13)21-18(29-16)22-7-10-6-11(8-22)23(10)19(25)26/h2-5,10-11H,6-9H2,1H3,(H,25,26). The van der Waals surface area contributed by atoms with Gasteiger partial charge in [0.1, 0.15) is 10.8 Å². The van der Waals surface area contributed by atoms with Gasteiger partial charge in [-0.25, -0.2) is 14.6 Å². The number of ether oxygens (including phenoxy) is 2. The van der Waals surface area contributed by atoms with Crippen molar-refractivity contribution in [3.63, 3.8) is 0 Å². The number of hydrogen-bond donors (Lipinski definition) is 1. The summed E-state index contributed by atoms with van der Waals surface area (Å²) in [5.41, 5.74) is 1.77. The molecule has 3 aliphatic rings. The van der Waals surface area contributed by atoms with Crippen molar-refractivity contribution in [1.29, 1.82) is 0 Å². The van der Waals surface area contributed by atoms with E-state index in [0.29, 0.717) is 36.0 Å². The van der Waals surface area contributed by atoms with Crippen molar-refractivity contribution in [2.24, 2.45) is 0 Å². The monoisotopic (exact) mass is 430 g/mol. The van der Waals surface area contributed by atoms with Crippen molar-refractivity contribution in [2.75, 3.05) is 31.7 Å². The van der Waals surface area contributed by atoms with Gasteiger partial charge in [-0.05, 0) is 18.6 Å². The molecule has 10 nitrogen and oxygen atoms in total. The first kappa shape index (κ1) is 18.7. The van der Waals surface area contributed by atoms with Crippen molar-refractivity contribution in [1.82, 2.24) is 14.9 Å². The first-order chi connectivity index (χ1) is 14.5. The highest BCUT2D eigenvalue weighted by Gasteiger charge is 2.48. The van der Waals surface area contributed by atoms with Gasteiger partial charge >= 0.3 is 12.1 Å². The number of anilines is 1. The molecule has 156 valence electrons. The zero-order valence-corrected chi connectivity index (χ0v) is 16.8. The number of carboxylic acid groups (broad SMARTS) is 1. The summed E-state index contributed by atoms with van der Waals surface area (Å²) in [6.07, 6.45) is 1.67. The lowest BCUT2D eigenvalue weighted by atomic mass is 9.88. The zero-order chi connectivity index (χ0) is 20.8. The quantitative estimate of drug-likeness (QED) is 0.609. The number of nitrogens with zero attached hydrogens (tertiary/aromatic N) is 4. The SMILES string of the molecule is COC(=O)COc1ccc(-c2nccs2)c2oc(N3CC4CC(C3)N4C(=O)O)nc12. The molecule has 30 heavy (non-hydrogen) atoms. The van der Waals surface area contributed by atoms with Crippen LogP contribution in [0.2, 0.25) is 0 Å². The molecule has 1 amide bonds. The van der Waals surface area contributed by atoms with Crippen LogP contribution in [0.25, 0.3) is 21.7 Å². The smallest absolute Gasteiger partial charge is 0.407 e. The number of piperidine rings is 1. The van der Waals surface area contributed by atoms with Crippen molar-refractivity contribution < 1.29 is 28.6 Å². The number of carbonyl (C=O) groups is 2. The normalized spacial score (nSPS) is 20.2. The number of methoxy groups -OCH3 is 1. The second-order valence-electron chi connectivity index (χ2n) is 7.13. The molecule has 2 unspecified atom stereocenters. The van der Waals surface area contributed by atoms with Crippen LogP contribution < -0.4 is 9.64 Å². The second kappa shape index (κ2) is 7.17. The van der Waals surface area contributed by atoms with Gasteiger partial charge in [-0.1, -0.05) is 0 Å². The van der Waals surface area contributed by atoms with E-state index >= 15 is 0 Å². The van der Waals surface area contributed by atoms with Gasteiger partial charge in [-0.3, -0.25) is 4.90 Å². The van der Waals surface area contributed by atoms with Gasteiger partial charge in [0.15, 0.2) is 17.7 Å². The van der Waals surface area contributed by atoms with Crippen molar-refractivity contribution >= 4 is 40.5 Å². The van der Waals surface area contributed by atoms with Gasteiger partial charge in [0.2, 0.25) is 0 Å². The summed E-state index contributed by atoms with van der Waals surface area (Å²) in [7, 11) is 1.29. The zero-order valence-electron chi connectivity index (χ0n) is 16.0. The van der Waals surface area contributed by atoms with Crippen molar-refractivity contribution in [3.8, 4) is 16.3 Å². The van der Waals surface area contributed by atoms with Crippen LogP contribution in [-0.2, 0) is 9.53 Å². The fourth-order valence-electron chi connectivity index (χ4n) is 4.02. The van der Waals surface area contributed by atoms with Gasteiger partial charge in [0, 0.05) is 24.7 Å².